The molecule has 1 heterocycles. The number of carbonyl (C=O) groups is 1. The highest BCUT2D eigenvalue weighted by Crippen LogP contribution is 2.23. The van der Waals surface area contributed by atoms with Crippen LogP contribution in [0.3, 0.4) is 0 Å². The maximum absolute atomic E-state index is 12.2. The van der Waals surface area contributed by atoms with Crippen molar-refractivity contribution >= 4 is 5.91 Å². The molecule has 1 atom stereocenters. The van der Waals surface area contributed by atoms with Gasteiger partial charge in [-0.05, 0) is 37.3 Å². The van der Waals surface area contributed by atoms with Crippen LogP contribution in [0.25, 0.3) is 0 Å². The molecule has 1 aromatic rings. The number of benzene rings is 1. The Bertz CT molecular complexity index is 383. The third-order valence-corrected chi connectivity index (χ3v) is 3.81. The van der Waals surface area contributed by atoms with Crippen molar-refractivity contribution in [1.29, 1.82) is 0 Å². The van der Waals surface area contributed by atoms with Crippen molar-refractivity contribution in [3.8, 4) is 0 Å². The molecule has 0 radical (unpaired) electrons. The zero-order valence-electron chi connectivity index (χ0n) is 10.9. The van der Waals surface area contributed by atoms with Crippen LogP contribution in [0.15, 0.2) is 30.3 Å². The average molecular weight is 247 g/mol. The van der Waals surface area contributed by atoms with E-state index in [1.54, 1.807) is 0 Å². The molecule has 1 saturated heterocycles. The number of piperidine rings is 1. The van der Waals surface area contributed by atoms with E-state index >= 15 is 0 Å². The highest BCUT2D eigenvalue weighted by atomic mass is 16.3. The SMILES string of the molecule is CCC(O)C1CCN(C(=O)c2ccccc2)CC1. The van der Waals surface area contributed by atoms with Gasteiger partial charge in [-0.15, -0.1) is 0 Å². The average Bonchev–Trinajstić information content (AvgIpc) is 2.47. The van der Waals surface area contributed by atoms with E-state index in [2.05, 4.69) is 0 Å². The topological polar surface area (TPSA) is 40.5 Å². The molecule has 2 rings (SSSR count). The van der Waals surface area contributed by atoms with Crippen LogP contribution >= 0.6 is 0 Å². The second-order valence-electron chi connectivity index (χ2n) is 4.97. The summed E-state index contributed by atoms with van der Waals surface area (Å²) >= 11 is 0. The molecule has 18 heavy (non-hydrogen) atoms. The molecule has 3 heteroatoms. The summed E-state index contributed by atoms with van der Waals surface area (Å²) in [6.45, 7) is 3.52. The van der Waals surface area contributed by atoms with E-state index in [9.17, 15) is 9.90 Å². The normalized spacial score (nSPS) is 18.7. The van der Waals surface area contributed by atoms with Crippen molar-refractivity contribution in [3.05, 3.63) is 35.9 Å². The molecule has 1 fully saturated rings. The van der Waals surface area contributed by atoms with E-state index in [0.717, 1.165) is 37.9 Å². The van der Waals surface area contributed by atoms with Crippen molar-refractivity contribution in [2.45, 2.75) is 32.3 Å². The van der Waals surface area contributed by atoms with Gasteiger partial charge < -0.3 is 10.0 Å². The van der Waals surface area contributed by atoms with Gasteiger partial charge in [0.15, 0.2) is 0 Å². The van der Waals surface area contributed by atoms with Crippen LogP contribution in [-0.4, -0.2) is 35.1 Å². The minimum absolute atomic E-state index is 0.111. The predicted molar refractivity (Wildman–Crippen MR) is 71.4 cm³/mol. The van der Waals surface area contributed by atoms with Crippen LogP contribution in [0.4, 0.5) is 0 Å². The summed E-state index contributed by atoms with van der Waals surface area (Å²) in [6.07, 6.45) is 2.41. The molecule has 1 aliphatic rings. The smallest absolute Gasteiger partial charge is 0.253 e. The second-order valence-corrected chi connectivity index (χ2v) is 4.97. The zero-order valence-corrected chi connectivity index (χ0v) is 10.9. The van der Waals surface area contributed by atoms with Crippen LogP contribution in [0, 0.1) is 5.92 Å². The molecule has 0 aromatic heterocycles. The van der Waals surface area contributed by atoms with Gasteiger partial charge in [-0.3, -0.25) is 4.79 Å². The second kappa shape index (κ2) is 6.01. The Morgan fingerprint density at radius 2 is 1.94 bits per heavy atom. The lowest BCUT2D eigenvalue weighted by molar-refractivity contribution is 0.0454. The fourth-order valence-electron chi connectivity index (χ4n) is 2.58. The minimum atomic E-state index is -0.209. The quantitative estimate of drug-likeness (QED) is 0.890. The number of hydrogen-bond acceptors (Lipinski definition) is 2. The van der Waals surface area contributed by atoms with Crippen LogP contribution in [0.1, 0.15) is 36.5 Å². The predicted octanol–water partition coefficient (Wildman–Crippen LogP) is 2.31. The number of aliphatic hydroxyl groups excluding tert-OH is 1. The van der Waals surface area contributed by atoms with Crippen molar-refractivity contribution in [2.75, 3.05) is 13.1 Å². The van der Waals surface area contributed by atoms with Crippen LogP contribution in [0.5, 0.6) is 0 Å². The van der Waals surface area contributed by atoms with E-state index in [1.807, 2.05) is 42.2 Å². The van der Waals surface area contributed by atoms with Crippen molar-refractivity contribution < 1.29 is 9.90 Å². The molecule has 98 valence electrons. The molecule has 1 aliphatic heterocycles. The fraction of sp³-hybridized carbons (Fsp3) is 0.533. The zero-order chi connectivity index (χ0) is 13.0. The van der Waals surface area contributed by atoms with Gasteiger partial charge in [0.05, 0.1) is 6.10 Å². The first-order chi connectivity index (χ1) is 8.72. The number of rotatable bonds is 3. The Balaban J connectivity index is 1.92. The first kappa shape index (κ1) is 13.1. The first-order valence-electron chi connectivity index (χ1n) is 6.74. The number of amides is 1. The summed E-state index contributed by atoms with van der Waals surface area (Å²) in [5.74, 6) is 0.467. The molecular formula is C15H21NO2. The van der Waals surface area contributed by atoms with Gasteiger partial charge in [-0.1, -0.05) is 25.1 Å². The number of nitrogens with zero attached hydrogens (tertiary/aromatic N) is 1. The molecule has 0 aliphatic carbocycles. The van der Waals surface area contributed by atoms with Crippen molar-refractivity contribution in [1.82, 2.24) is 4.90 Å². The van der Waals surface area contributed by atoms with Gasteiger partial charge in [0, 0.05) is 18.7 Å². The maximum atomic E-state index is 12.2. The standard InChI is InChI=1S/C15H21NO2/c1-2-14(17)12-8-10-16(11-9-12)15(18)13-6-4-3-5-7-13/h3-7,12,14,17H,2,8-11H2,1H3. The summed E-state index contributed by atoms with van der Waals surface area (Å²) in [4.78, 5) is 14.1. The maximum Gasteiger partial charge on any atom is 0.253 e. The summed E-state index contributed by atoms with van der Waals surface area (Å²) < 4.78 is 0. The summed E-state index contributed by atoms with van der Waals surface area (Å²) in [5.41, 5.74) is 0.756. The third-order valence-electron chi connectivity index (χ3n) is 3.81. The highest BCUT2D eigenvalue weighted by molar-refractivity contribution is 5.94. The molecule has 1 N–H and O–H groups in total. The molecule has 0 saturated carbocycles. The van der Waals surface area contributed by atoms with E-state index in [4.69, 9.17) is 0 Å². The first-order valence-corrected chi connectivity index (χ1v) is 6.74. The lowest BCUT2D eigenvalue weighted by Crippen LogP contribution is -2.41. The molecular weight excluding hydrogens is 226 g/mol. The van der Waals surface area contributed by atoms with Crippen molar-refractivity contribution in [3.63, 3.8) is 0 Å². The Hall–Kier alpha value is -1.35. The molecule has 3 nitrogen and oxygen atoms in total. The van der Waals surface area contributed by atoms with Gasteiger partial charge in [0.25, 0.3) is 5.91 Å². The monoisotopic (exact) mass is 247 g/mol. The fourth-order valence-corrected chi connectivity index (χ4v) is 2.58. The minimum Gasteiger partial charge on any atom is -0.393 e. The largest absolute Gasteiger partial charge is 0.393 e. The lowest BCUT2D eigenvalue weighted by Gasteiger charge is -2.34. The third kappa shape index (κ3) is 2.91. The van der Waals surface area contributed by atoms with Gasteiger partial charge in [0.2, 0.25) is 0 Å². The molecule has 1 aromatic carbocycles. The van der Waals surface area contributed by atoms with E-state index in [1.165, 1.54) is 0 Å². The highest BCUT2D eigenvalue weighted by Gasteiger charge is 2.26. The van der Waals surface area contributed by atoms with Crippen LogP contribution in [0.2, 0.25) is 0 Å². The van der Waals surface area contributed by atoms with Crippen LogP contribution < -0.4 is 0 Å². The molecule has 0 spiro atoms. The van der Waals surface area contributed by atoms with Gasteiger partial charge in [0.1, 0.15) is 0 Å². The van der Waals surface area contributed by atoms with E-state index < -0.39 is 0 Å². The van der Waals surface area contributed by atoms with Gasteiger partial charge in [-0.25, -0.2) is 0 Å². The summed E-state index contributed by atoms with van der Waals surface area (Å²) in [5, 5.41) is 9.82. The Morgan fingerprint density at radius 1 is 1.33 bits per heavy atom. The van der Waals surface area contributed by atoms with E-state index in [0.29, 0.717) is 5.92 Å². The summed E-state index contributed by atoms with van der Waals surface area (Å²) in [6, 6.07) is 9.41. The number of hydrogen-bond donors (Lipinski definition) is 1. The Morgan fingerprint density at radius 3 is 2.50 bits per heavy atom. The number of aliphatic hydroxyl groups is 1. The number of likely N-dealkylation sites (tertiary alicyclic amines) is 1. The molecule has 1 unspecified atom stereocenters. The number of carbonyl (C=O) groups excluding carboxylic acids is 1. The van der Waals surface area contributed by atoms with Crippen LogP contribution in [-0.2, 0) is 0 Å². The molecule has 1 amide bonds. The molecule has 0 bridgehead atoms. The lowest BCUT2D eigenvalue weighted by atomic mass is 9.90. The Kier molecular flexibility index (Phi) is 4.37. The summed E-state index contributed by atoms with van der Waals surface area (Å²) in [7, 11) is 0. The Labute approximate surface area is 108 Å². The van der Waals surface area contributed by atoms with Crippen molar-refractivity contribution in [2.24, 2.45) is 5.92 Å². The van der Waals surface area contributed by atoms with Gasteiger partial charge >= 0.3 is 0 Å². The van der Waals surface area contributed by atoms with E-state index in [-0.39, 0.29) is 12.0 Å². The van der Waals surface area contributed by atoms with Gasteiger partial charge in [-0.2, -0.15) is 0 Å².